The third kappa shape index (κ3) is 15.7. The smallest absolute Gasteiger partial charge is 0.490 e. The number of fused-ring (bicyclic) bond motifs is 1. The van der Waals surface area contributed by atoms with E-state index in [1.165, 1.54) is 11.3 Å². The highest BCUT2D eigenvalue weighted by atomic mass is 32.1. The van der Waals surface area contributed by atoms with Gasteiger partial charge in [-0.25, -0.2) is 4.99 Å². The minimum Gasteiger partial charge on any atom is -0.490 e. The summed E-state index contributed by atoms with van der Waals surface area (Å²) in [4.78, 5) is 30.5. The molecule has 5 aromatic rings. The van der Waals surface area contributed by atoms with Gasteiger partial charge in [-0.15, -0.1) is 11.3 Å². The highest BCUT2D eigenvalue weighted by Gasteiger charge is 2.25. The molecule has 348 valence electrons. The lowest BCUT2D eigenvalue weighted by molar-refractivity contribution is -0.124. The molecule has 2 aromatic heterocycles. The number of carbonyl (C=O) groups excluding carboxylic acids is 2. The Morgan fingerprint density at radius 3 is 2.38 bits per heavy atom. The summed E-state index contributed by atoms with van der Waals surface area (Å²) in [5.41, 5.74) is 2.57. The van der Waals surface area contributed by atoms with E-state index >= 15 is 0 Å². The molecule has 2 amide bonds. The van der Waals surface area contributed by atoms with Crippen molar-refractivity contribution in [1.82, 2.24) is 20.4 Å². The second-order valence-corrected chi connectivity index (χ2v) is 18.9. The number of allylic oxidation sites excluding steroid dienone is 3. The van der Waals surface area contributed by atoms with Crippen molar-refractivity contribution in [3.63, 3.8) is 0 Å². The zero-order valence-corrected chi connectivity index (χ0v) is 39.2. The molecule has 0 bridgehead atoms. The summed E-state index contributed by atoms with van der Waals surface area (Å²) in [7, 11) is -2.68. The van der Waals surface area contributed by atoms with Crippen molar-refractivity contribution in [3.8, 4) is 22.1 Å². The van der Waals surface area contributed by atoms with Crippen LogP contribution in [-0.2, 0) is 9.59 Å². The van der Waals surface area contributed by atoms with Gasteiger partial charge in [-0.05, 0) is 130 Å². The summed E-state index contributed by atoms with van der Waals surface area (Å²) in [5, 5.41) is 24.2. The number of amides is 2. The summed E-state index contributed by atoms with van der Waals surface area (Å²) >= 11 is 1.42. The summed E-state index contributed by atoms with van der Waals surface area (Å²) < 4.78 is 40.6. The molecule has 1 atom stereocenters. The van der Waals surface area contributed by atoms with E-state index in [2.05, 4.69) is 48.6 Å². The molecule has 0 fully saturated rings. The van der Waals surface area contributed by atoms with Crippen LogP contribution in [0.2, 0.25) is 0 Å². The fraction of sp³-hybridized carbons (Fsp3) is 0.365. The predicted molar refractivity (Wildman–Crippen MR) is 266 cm³/mol. The van der Waals surface area contributed by atoms with E-state index in [1.807, 2.05) is 90.3 Å². The zero-order chi connectivity index (χ0) is 46.9. The fourth-order valence-corrected chi connectivity index (χ4v) is 8.45. The van der Waals surface area contributed by atoms with Crippen molar-refractivity contribution < 1.29 is 32.8 Å². The van der Waals surface area contributed by atoms with Crippen LogP contribution in [0.1, 0.15) is 90.3 Å². The first-order chi connectivity index (χ1) is 31.7. The Labute approximate surface area is 392 Å². The number of nitrogens with zero attached hydrogens (tertiary/aromatic N) is 2. The van der Waals surface area contributed by atoms with Gasteiger partial charge in [0, 0.05) is 46.5 Å². The average Bonchev–Trinajstić information content (AvgIpc) is 4.09. The Morgan fingerprint density at radius 1 is 0.833 bits per heavy atom. The van der Waals surface area contributed by atoms with Gasteiger partial charge in [0.2, 0.25) is 5.91 Å². The summed E-state index contributed by atoms with van der Waals surface area (Å²) in [6.45, 7) is 9.46. The summed E-state index contributed by atoms with van der Waals surface area (Å²) in [5.74, 6) is 1.16. The topological polar surface area (TPSA) is 126 Å². The van der Waals surface area contributed by atoms with Gasteiger partial charge < -0.3 is 35.0 Å². The average molecular weight is 918 g/mol. The van der Waals surface area contributed by atoms with Crippen LogP contribution in [0.3, 0.4) is 0 Å². The molecule has 0 radical (unpaired) electrons. The van der Waals surface area contributed by atoms with Crippen LogP contribution in [0.25, 0.3) is 33.5 Å². The predicted octanol–water partition coefficient (Wildman–Crippen LogP) is 10.5. The maximum Gasteiger partial charge on any atom is 0.678 e. The van der Waals surface area contributed by atoms with Gasteiger partial charge in [-0.2, -0.15) is 0 Å². The third-order valence-electron chi connectivity index (χ3n) is 11.3. The Bertz CT molecular complexity index is 2470. The molecule has 0 spiro atoms. The van der Waals surface area contributed by atoms with E-state index in [-0.39, 0.29) is 36.1 Å². The van der Waals surface area contributed by atoms with Crippen LogP contribution in [0.15, 0.2) is 125 Å². The molecule has 0 saturated carbocycles. The van der Waals surface area contributed by atoms with Gasteiger partial charge in [0.1, 0.15) is 24.2 Å². The Hall–Kier alpha value is -5.83. The quantitative estimate of drug-likeness (QED) is 0.0323. The third-order valence-corrected chi connectivity index (χ3v) is 12.2. The lowest BCUT2D eigenvalue weighted by Gasteiger charge is -2.30. The number of unbranched alkanes of at least 4 members (excludes halogenated alkanes) is 3. The van der Waals surface area contributed by atoms with Crippen molar-refractivity contribution in [1.29, 1.82) is 0 Å². The first-order valence-electron chi connectivity index (χ1n) is 22.8. The van der Waals surface area contributed by atoms with Crippen molar-refractivity contribution >= 4 is 59.2 Å². The van der Waals surface area contributed by atoms with Gasteiger partial charge in [0.25, 0.3) is 5.91 Å². The molecule has 3 heterocycles. The van der Waals surface area contributed by atoms with Crippen molar-refractivity contribution in [2.24, 2.45) is 4.99 Å². The first-order valence-corrected chi connectivity index (χ1v) is 23.7. The van der Waals surface area contributed by atoms with E-state index < -0.39 is 13.5 Å². The molecule has 66 heavy (non-hydrogen) atoms. The van der Waals surface area contributed by atoms with Crippen molar-refractivity contribution in [3.05, 3.63) is 132 Å². The van der Waals surface area contributed by atoms with Crippen LogP contribution < -0.4 is 25.4 Å². The van der Waals surface area contributed by atoms with Crippen molar-refractivity contribution in [2.45, 2.75) is 96.2 Å². The Balaban J connectivity index is 0.787. The standard InChI is InChI=1S/C52H62BF2N5O5S/c1-51(2,57-35-43(61)36-65-47-17-12-15-39-14-7-8-16-45(39)47)30-9-10-31-52(3,4)59-49(62)19-6-5-11-32-56-50(63)37-64-44-27-21-38(22-28-44)20-23-40-24-25-41(58-40)34-42-26-29-46(60(42)53(54)55)48-18-13-33-66-48/h7-8,12-18,20-29,33-34,43,57,61H,5-6,9-11,19,30-32,35-37H2,1-4H3,(H,56,63)(H,59,62)/b23-20+,41-34-/t43-/m0/s1. The van der Waals surface area contributed by atoms with Gasteiger partial charge >= 0.3 is 7.40 Å². The molecular formula is C52H62BF2N5O5S. The molecule has 0 aliphatic carbocycles. The number of carbonyl (C=O) groups is 2. The number of ether oxygens (including phenoxy) is 2. The summed E-state index contributed by atoms with van der Waals surface area (Å²) in [6.07, 6.45) is 14.9. The minimum absolute atomic E-state index is 0.0382. The van der Waals surface area contributed by atoms with Crippen LogP contribution in [0, 0.1) is 0 Å². The number of aromatic nitrogens is 1. The Morgan fingerprint density at radius 2 is 1.61 bits per heavy atom. The minimum atomic E-state index is -2.68. The molecule has 10 nitrogen and oxygen atoms in total. The number of halogens is 2. The maximum atomic E-state index is 14.0. The Kier molecular flexibility index (Phi) is 18.1. The number of aliphatic imine (C=N–C) groups is 1. The van der Waals surface area contributed by atoms with Crippen LogP contribution >= 0.6 is 11.3 Å². The van der Waals surface area contributed by atoms with Crippen LogP contribution in [-0.4, -0.2) is 78.0 Å². The number of aliphatic hydroxyl groups is 1. The maximum absolute atomic E-state index is 14.0. The van der Waals surface area contributed by atoms with Gasteiger partial charge in [0.15, 0.2) is 6.61 Å². The monoisotopic (exact) mass is 917 g/mol. The van der Waals surface area contributed by atoms with E-state index in [9.17, 15) is 23.3 Å². The molecular weight excluding hydrogens is 855 g/mol. The highest BCUT2D eigenvalue weighted by Crippen LogP contribution is 2.30. The van der Waals surface area contributed by atoms with E-state index in [4.69, 9.17) is 9.47 Å². The second kappa shape index (κ2) is 24.1. The number of benzene rings is 3. The fourth-order valence-electron chi connectivity index (χ4n) is 7.70. The lowest BCUT2D eigenvalue weighted by atomic mass is 9.92. The molecule has 6 rings (SSSR count). The van der Waals surface area contributed by atoms with Gasteiger partial charge in [-0.1, -0.05) is 79.9 Å². The number of hydrogen-bond donors (Lipinski definition) is 4. The molecule has 0 unspecified atom stereocenters. The second-order valence-electron chi connectivity index (χ2n) is 17.9. The number of thiophene rings is 1. The van der Waals surface area contributed by atoms with Gasteiger partial charge in [0.05, 0.1) is 17.1 Å². The number of β-amino-alcohol motifs (C(OH)–C–C–N with tert-alkyl or cyclic N) is 1. The number of nitrogens with one attached hydrogen (secondary N) is 3. The lowest BCUT2D eigenvalue weighted by Crippen LogP contribution is -2.45. The molecule has 14 heteroatoms. The normalized spacial score (nSPS) is 13.9. The van der Waals surface area contributed by atoms with Crippen LogP contribution in [0.4, 0.5) is 8.63 Å². The SMILES string of the molecule is CC(C)(CCCCC(C)(C)NC(=O)CCCCCNC(=O)COc1ccc(/C=C/C2=NC(=C\c3ccc(-c4cccs4)n3B(F)F)/C=C2)cc1)NC[C@H](O)COc1cccc2ccccc12. The first kappa shape index (κ1) is 49.6. The zero-order valence-electron chi connectivity index (χ0n) is 38.4. The van der Waals surface area contributed by atoms with Crippen molar-refractivity contribution in [2.75, 3.05) is 26.3 Å². The molecule has 3 aromatic carbocycles. The van der Waals surface area contributed by atoms with E-state index in [1.54, 1.807) is 36.4 Å². The number of hydrogen-bond acceptors (Lipinski definition) is 8. The largest absolute Gasteiger partial charge is 0.678 e. The highest BCUT2D eigenvalue weighted by molar-refractivity contribution is 7.13. The molecule has 4 N–H and O–H groups in total. The molecule has 1 aliphatic heterocycles. The van der Waals surface area contributed by atoms with Crippen LogP contribution in [0.5, 0.6) is 11.5 Å². The van der Waals surface area contributed by atoms with Gasteiger partial charge in [-0.3, -0.25) is 18.2 Å². The number of rotatable bonds is 26. The summed E-state index contributed by atoms with van der Waals surface area (Å²) in [6, 6.07) is 28.4. The number of aliphatic hydroxyl groups excluding tert-OH is 1. The molecule has 0 saturated heterocycles. The molecule has 1 aliphatic rings. The van der Waals surface area contributed by atoms with E-state index in [0.717, 1.165) is 76.4 Å². The van der Waals surface area contributed by atoms with E-state index in [0.29, 0.717) is 48.1 Å².